The summed E-state index contributed by atoms with van der Waals surface area (Å²) in [6.45, 7) is 6.52. The number of anilines is 1. The highest BCUT2D eigenvalue weighted by Crippen LogP contribution is 2.34. The van der Waals surface area contributed by atoms with Crippen LogP contribution in [0.5, 0.6) is 0 Å². The van der Waals surface area contributed by atoms with Gasteiger partial charge in [-0.15, -0.1) is 11.8 Å². The first kappa shape index (κ1) is 21.9. The zero-order valence-corrected chi connectivity index (χ0v) is 18.4. The SMILES string of the molecule is CSc1ccc(C2=NN(c3ccccc3)C(=O)C2(C)N(O)C(=O)OC(C)(C)C)cc1. The predicted octanol–water partition coefficient (Wildman–Crippen LogP) is 4.54. The molecule has 1 aliphatic rings. The van der Waals surface area contributed by atoms with E-state index in [1.165, 1.54) is 11.9 Å². The number of para-hydroxylation sites is 1. The third-order valence-electron chi connectivity index (χ3n) is 4.62. The first-order valence-electron chi connectivity index (χ1n) is 9.43. The summed E-state index contributed by atoms with van der Waals surface area (Å²) in [4.78, 5) is 27.1. The van der Waals surface area contributed by atoms with Crippen molar-refractivity contribution in [1.29, 1.82) is 0 Å². The van der Waals surface area contributed by atoms with Crippen LogP contribution in [0, 0.1) is 0 Å². The van der Waals surface area contributed by atoms with Crippen molar-refractivity contribution in [2.24, 2.45) is 5.10 Å². The van der Waals surface area contributed by atoms with Gasteiger partial charge in [-0.25, -0.2) is 4.79 Å². The number of hydrogen-bond donors (Lipinski definition) is 1. The third-order valence-corrected chi connectivity index (χ3v) is 5.37. The molecule has 2 aromatic carbocycles. The lowest BCUT2D eigenvalue weighted by Crippen LogP contribution is -2.59. The molecule has 0 saturated heterocycles. The molecule has 2 aromatic rings. The monoisotopic (exact) mass is 427 g/mol. The number of rotatable bonds is 4. The highest BCUT2D eigenvalue weighted by molar-refractivity contribution is 7.98. The molecule has 0 fully saturated rings. The van der Waals surface area contributed by atoms with Gasteiger partial charge in [0.25, 0.3) is 5.91 Å². The van der Waals surface area contributed by atoms with Crippen LogP contribution < -0.4 is 5.01 Å². The number of benzene rings is 2. The number of hydrogen-bond acceptors (Lipinski definition) is 6. The molecule has 1 heterocycles. The molecule has 0 aromatic heterocycles. The lowest BCUT2D eigenvalue weighted by Gasteiger charge is -2.33. The van der Waals surface area contributed by atoms with Gasteiger partial charge in [0.15, 0.2) is 5.54 Å². The molecular formula is C22H25N3O4S. The number of amides is 2. The highest BCUT2D eigenvalue weighted by atomic mass is 32.2. The molecular weight excluding hydrogens is 402 g/mol. The standard InChI is InChI=1S/C22H25N3O4S/c1-21(2,3)29-20(27)25(28)22(4)18(15-11-13-17(30-5)14-12-15)23-24(19(22)26)16-9-7-6-8-10-16/h6-14,28H,1-5H3. The summed E-state index contributed by atoms with van der Waals surface area (Å²) in [6, 6.07) is 16.3. The minimum Gasteiger partial charge on any atom is -0.442 e. The summed E-state index contributed by atoms with van der Waals surface area (Å²) in [5, 5.41) is 16.9. The van der Waals surface area contributed by atoms with Crippen LogP contribution in [0.3, 0.4) is 0 Å². The summed E-state index contributed by atoms with van der Waals surface area (Å²) in [7, 11) is 0. The second-order valence-corrected chi connectivity index (χ2v) is 8.87. The van der Waals surface area contributed by atoms with Crippen molar-refractivity contribution in [3.05, 3.63) is 60.2 Å². The zero-order chi connectivity index (χ0) is 22.1. The topological polar surface area (TPSA) is 82.4 Å². The van der Waals surface area contributed by atoms with E-state index in [-0.39, 0.29) is 5.71 Å². The van der Waals surface area contributed by atoms with Crippen molar-refractivity contribution >= 4 is 35.2 Å². The van der Waals surface area contributed by atoms with Gasteiger partial charge < -0.3 is 4.74 Å². The van der Waals surface area contributed by atoms with Gasteiger partial charge in [-0.2, -0.15) is 15.2 Å². The average molecular weight is 428 g/mol. The maximum Gasteiger partial charge on any atom is 0.435 e. The van der Waals surface area contributed by atoms with E-state index in [1.54, 1.807) is 56.8 Å². The average Bonchev–Trinajstić information content (AvgIpc) is 2.99. The van der Waals surface area contributed by atoms with Crippen molar-refractivity contribution in [1.82, 2.24) is 5.06 Å². The molecule has 30 heavy (non-hydrogen) atoms. The Morgan fingerprint density at radius 1 is 1.13 bits per heavy atom. The molecule has 0 spiro atoms. The Hall–Kier alpha value is -2.84. The molecule has 1 unspecified atom stereocenters. The van der Waals surface area contributed by atoms with E-state index >= 15 is 0 Å². The van der Waals surface area contributed by atoms with Crippen LogP contribution in [0.1, 0.15) is 33.3 Å². The van der Waals surface area contributed by atoms with Crippen LogP contribution in [0.25, 0.3) is 0 Å². The van der Waals surface area contributed by atoms with Crippen LogP contribution in [0.2, 0.25) is 0 Å². The summed E-state index contributed by atoms with van der Waals surface area (Å²) < 4.78 is 5.30. The molecule has 2 amide bonds. The van der Waals surface area contributed by atoms with Gasteiger partial charge in [-0.3, -0.25) is 10.0 Å². The van der Waals surface area contributed by atoms with Crippen molar-refractivity contribution < 1.29 is 19.5 Å². The van der Waals surface area contributed by atoms with E-state index in [9.17, 15) is 14.8 Å². The highest BCUT2D eigenvalue weighted by Gasteiger charge is 2.55. The van der Waals surface area contributed by atoms with Gasteiger partial charge in [0.05, 0.1) is 5.69 Å². The van der Waals surface area contributed by atoms with Gasteiger partial charge in [-0.1, -0.05) is 30.3 Å². The van der Waals surface area contributed by atoms with Crippen LogP contribution in [-0.2, 0) is 9.53 Å². The van der Waals surface area contributed by atoms with E-state index in [4.69, 9.17) is 4.74 Å². The lowest BCUT2D eigenvalue weighted by atomic mass is 9.90. The number of hydrazone groups is 1. The number of carbonyl (C=O) groups excluding carboxylic acids is 2. The first-order chi connectivity index (χ1) is 14.1. The molecule has 1 aliphatic heterocycles. The Morgan fingerprint density at radius 3 is 2.27 bits per heavy atom. The molecule has 8 heteroatoms. The molecule has 0 aliphatic carbocycles. The van der Waals surface area contributed by atoms with E-state index in [0.717, 1.165) is 4.90 Å². The molecule has 0 radical (unpaired) electrons. The van der Waals surface area contributed by atoms with Crippen molar-refractivity contribution in [2.75, 3.05) is 11.3 Å². The van der Waals surface area contributed by atoms with Gasteiger partial charge in [-0.05, 0) is 58.2 Å². The molecule has 0 bridgehead atoms. The Balaban J connectivity index is 2.09. The van der Waals surface area contributed by atoms with Gasteiger partial charge in [0, 0.05) is 10.5 Å². The van der Waals surface area contributed by atoms with Crippen molar-refractivity contribution in [3.8, 4) is 0 Å². The van der Waals surface area contributed by atoms with E-state index in [0.29, 0.717) is 16.3 Å². The molecule has 158 valence electrons. The van der Waals surface area contributed by atoms with Crippen LogP contribution in [0.4, 0.5) is 10.5 Å². The minimum atomic E-state index is -1.76. The second-order valence-electron chi connectivity index (χ2n) is 7.99. The second kappa shape index (κ2) is 8.12. The summed E-state index contributed by atoms with van der Waals surface area (Å²) >= 11 is 1.58. The number of thioether (sulfide) groups is 1. The largest absolute Gasteiger partial charge is 0.442 e. The quantitative estimate of drug-likeness (QED) is 0.440. The molecule has 7 nitrogen and oxygen atoms in total. The summed E-state index contributed by atoms with van der Waals surface area (Å²) in [6.07, 6.45) is 0.937. The van der Waals surface area contributed by atoms with E-state index < -0.39 is 23.1 Å². The molecule has 1 N–H and O–H groups in total. The van der Waals surface area contributed by atoms with Gasteiger partial charge in [0.2, 0.25) is 0 Å². The normalized spacial score (nSPS) is 18.9. The minimum absolute atomic E-state index is 0.248. The van der Waals surface area contributed by atoms with E-state index in [1.807, 2.05) is 36.6 Å². The Kier molecular flexibility index (Phi) is 5.92. The maximum absolute atomic E-state index is 13.4. The number of carbonyl (C=O) groups is 2. The number of ether oxygens (including phenoxy) is 1. The van der Waals surface area contributed by atoms with Crippen molar-refractivity contribution in [3.63, 3.8) is 0 Å². The Morgan fingerprint density at radius 2 is 1.73 bits per heavy atom. The van der Waals surface area contributed by atoms with Gasteiger partial charge in [0.1, 0.15) is 11.3 Å². The Labute approximate surface area is 180 Å². The fourth-order valence-electron chi connectivity index (χ4n) is 3.06. The summed E-state index contributed by atoms with van der Waals surface area (Å²) in [5.41, 5.74) is -1.21. The smallest absolute Gasteiger partial charge is 0.435 e. The Bertz CT molecular complexity index is 970. The fourth-order valence-corrected chi connectivity index (χ4v) is 3.47. The van der Waals surface area contributed by atoms with Crippen molar-refractivity contribution in [2.45, 2.75) is 43.7 Å². The molecule has 1 atom stereocenters. The summed E-state index contributed by atoms with van der Waals surface area (Å²) in [5.74, 6) is -0.564. The van der Waals surface area contributed by atoms with Crippen LogP contribution >= 0.6 is 11.8 Å². The fraction of sp³-hybridized carbons (Fsp3) is 0.318. The first-order valence-corrected chi connectivity index (χ1v) is 10.7. The van der Waals surface area contributed by atoms with E-state index in [2.05, 4.69) is 5.10 Å². The molecule has 0 saturated carbocycles. The number of nitrogens with zero attached hydrogens (tertiary/aromatic N) is 3. The zero-order valence-electron chi connectivity index (χ0n) is 17.6. The third kappa shape index (κ3) is 4.06. The lowest BCUT2D eigenvalue weighted by molar-refractivity contribution is -0.154. The maximum atomic E-state index is 13.4. The van der Waals surface area contributed by atoms with Crippen LogP contribution in [0.15, 0.2) is 64.6 Å². The van der Waals surface area contributed by atoms with Crippen LogP contribution in [-0.4, -0.2) is 45.4 Å². The number of hydroxylamine groups is 2. The van der Waals surface area contributed by atoms with Gasteiger partial charge >= 0.3 is 6.09 Å². The molecule has 3 rings (SSSR count). The predicted molar refractivity (Wildman–Crippen MR) is 117 cm³/mol.